The summed E-state index contributed by atoms with van der Waals surface area (Å²) in [5, 5.41) is 13.7. The van der Waals surface area contributed by atoms with E-state index in [0.717, 1.165) is 36.8 Å². The Kier molecular flexibility index (Phi) is 5.02. The number of aryl methyl sites for hydroxylation is 1. The van der Waals surface area contributed by atoms with Gasteiger partial charge in [0, 0.05) is 11.8 Å². The predicted octanol–water partition coefficient (Wildman–Crippen LogP) is 5.78. The average molecular weight is 364 g/mol. The monoisotopic (exact) mass is 363 g/mol. The quantitative estimate of drug-likeness (QED) is 0.706. The molecule has 24 heavy (non-hydrogen) atoms. The largest absolute Gasteiger partial charge is 0.508 e. The van der Waals surface area contributed by atoms with Gasteiger partial charge < -0.3 is 10.4 Å². The third-order valence-corrected chi connectivity index (χ3v) is 4.86. The molecule has 3 rings (SSSR count). The Morgan fingerprint density at radius 1 is 1.25 bits per heavy atom. The second kappa shape index (κ2) is 7.04. The van der Waals surface area contributed by atoms with Crippen molar-refractivity contribution in [2.75, 3.05) is 5.32 Å². The van der Waals surface area contributed by atoms with Crippen LogP contribution in [0.25, 0.3) is 0 Å². The fraction of sp³-hybridized carbons (Fsp3) is 0.316. The third-order valence-electron chi connectivity index (χ3n) is 4.23. The fourth-order valence-electron chi connectivity index (χ4n) is 2.86. The molecule has 1 amide bonds. The molecule has 0 saturated heterocycles. The molecule has 0 heterocycles. The van der Waals surface area contributed by atoms with Gasteiger partial charge >= 0.3 is 0 Å². The summed E-state index contributed by atoms with van der Waals surface area (Å²) in [6.07, 6.45) is 3.98. The Balaban J connectivity index is 1.94. The number of aromatic hydroxyl groups is 1. The van der Waals surface area contributed by atoms with E-state index in [-0.39, 0.29) is 17.2 Å². The van der Waals surface area contributed by atoms with Crippen molar-refractivity contribution < 1.29 is 9.90 Å². The van der Waals surface area contributed by atoms with E-state index >= 15 is 0 Å². The molecule has 3 nitrogen and oxygen atoms in total. The van der Waals surface area contributed by atoms with E-state index in [0.29, 0.717) is 21.7 Å². The summed E-state index contributed by atoms with van der Waals surface area (Å²) in [6.45, 7) is 2.07. The number of hydrogen-bond acceptors (Lipinski definition) is 2. The molecule has 0 aromatic heterocycles. The van der Waals surface area contributed by atoms with E-state index in [1.54, 1.807) is 24.3 Å². The minimum atomic E-state index is -0.366. The molecule has 0 bridgehead atoms. The Morgan fingerprint density at radius 2 is 1.92 bits per heavy atom. The van der Waals surface area contributed by atoms with Gasteiger partial charge in [-0.05, 0) is 54.5 Å². The number of amides is 1. The third kappa shape index (κ3) is 3.52. The summed E-state index contributed by atoms with van der Waals surface area (Å²) in [6, 6.07) is 8.61. The maximum atomic E-state index is 12.6. The highest BCUT2D eigenvalue weighted by Crippen LogP contribution is 2.45. The minimum Gasteiger partial charge on any atom is -0.508 e. The summed E-state index contributed by atoms with van der Waals surface area (Å²) in [7, 11) is 0. The maximum absolute atomic E-state index is 12.6. The molecule has 1 aliphatic rings. The molecule has 0 atom stereocenters. The van der Waals surface area contributed by atoms with Crippen molar-refractivity contribution >= 4 is 34.8 Å². The molecule has 1 saturated carbocycles. The zero-order valence-corrected chi connectivity index (χ0v) is 14.9. The van der Waals surface area contributed by atoms with Gasteiger partial charge in [0.25, 0.3) is 5.91 Å². The van der Waals surface area contributed by atoms with Crippen molar-refractivity contribution in [1.82, 2.24) is 0 Å². The molecule has 2 N–H and O–H groups in total. The standard InChI is InChI=1S/C19H19Cl2NO2/c1-2-4-12-9-13(11-7-8-11)16(10-17(12)23)22-19(24)18-14(20)5-3-6-15(18)21/h3,5-6,9-11,23H,2,4,7-8H2,1H3,(H,22,24). The summed E-state index contributed by atoms with van der Waals surface area (Å²) in [4.78, 5) is 12.6. The topological polar surface area (TPSA) is 49.3 Å². The number of nitrogens with one attached hydrogen (secondary N) is 1. The lowest BCUT2D eigenvalue weighted by Gasteiger charge is -2.15. The van der Waals surface area contributed by atoms with E-state index in [2.05, 4.69) is 12.2 Å². The molecular weight excluding hydrogens is 345 g/mol. The first-order valence-corrected chi connectivity index (χ1v) is 8.88. The molecule has 2 aromatic carbocycles. The molecule has 0 spiro atoms. The molecule has 5 heteroatoms. The van der Waals surface area contributed by atoms with Crippen molar-refractivity contribution in [3.8, 4) is 5.75 Å². The van der Waals surface area contributed by atoms with E-state index in [1.165, 1.54) is 0 Å². The molecule has 0 aliphatic heterocycles. The highest BCUT2D eigenvalue weighted by Gasteiger charge is 2.28. The molecule has 0 unspecified atom stereocenters. The number of carbonyl (C=O) groups is 1. The first kappa shape index (κ1) is 17.1. The molecule has 0 radical (unpaired) electrons. The number of benzene rings is 2. The van der Waals surface area contributed by atoms with Crippen LogP contribution in [0.4, 0.5) is 5.69 Å². The summed E-state index contributed by atoms with van der Waals surface area (Å²) in [5.41, 5.74) is 2.89. The van der Waals surface area contributed by atoms with Crippen LogP contribution in [0.1, 0.15) is 53.6 Å². The lowest BCUT2D eigenvalue weighted by molar-refractivity contribution is 0.102. The summed E-state index contributed by atoms with van der Waals surface area (Å²) >= 11 is 12.2. The fourth-order valence-corrected chi connectivity index (χ4v) is 3.43. The smallest absolute Gasteiger partial charge is 0.258 e. The maximum Gasteiger partial charge on any atom is 0.258 e. The lowest BCUT2D eigenvalue weighted by Crippen LogP contribution is -2.14. The number of phenols is 1. The van der Waals surface area contributed by atoms with Gasteiger partial charge in [0.05, 0.1) is 15.6 Å². The van der Waals surface area contributed by atoms with Gasteiger partial charge in [-0.25, -0.2) is 0 Å². The summed E-state index contributed by atoms with van der Waals surface area (Å²) < 4.78 is 0. The first-order valence-electron chi connectivity index (χ1n) is 8.12. The van der Waals surface area contributed by atoms with Crippen LogP contribution in [-0.4, -0.2) is 11.0 Å². The van der Waals surface area contributed by atoms with Crippen molar-refractivity contribution in [2.45, 2.75) is 38.5 Å². The number of phenolic OH excluding ortho intramolecular Hbond substituents is 1. The number of anilines is 1. The average Bonchev–Trinajstić information content (AvgIpc) is 3.34. The SMILES string of the molecule is CCCc1cc(C2CC2)c(NC(=O)c2c(Cl)cccc2Cl)cc1O. The van der Waals surface area contributed by atoms with Crippen LogP contribution in [-0.2, 0) is 6.42 Å². The van der Waals surface area contributed by atoms with Crippen LogP contribution in [0, 0.1) is 0 Å². The molecule has 2 aromatic rings. The molecule has 1 aliphatic carbocycles. The minimum absolute atomic E-state index is 0.210. The molecule has 126 valence electrons. The number of halogens is 2. The van der Waals surface area contributed by atoms with E-state index < -0.39 is 0 Å². The zero-order valence-electron chi connectivity index (χ0n) is 13.4. The molecule has 1 fully saturated rings. The van der Waals surface area contributed by atoms with Gasteiger partial charge in [-0.15, -0.1) is 0 Å². The van der Waals surface area contributed by atoms with Gasteiger partial charge in [0.15, 0.2) is 0 Å². The Hall–Kier alpha value is -1.71. The van der Waals surface area contributed by atoms with Crippen molar-refractivity contribution in [3.63, 3.8) is 0 Å². The Labute approximate surface area is 151 Å². The highest BCUT2D eigenvalue weighted by atomic mass is 35.5. The van der Waals surface area contributed by atoms with E-state index in [9.17, 15) is 9.90 Å². The Bertz CT molecular complexity index is 765. The van der Waals surface area contributed by atoms with Crippen LogP contribution in [0.5, 0.6) is 5.75 Å². The first-order chi connectivity index (χ1) is 11.5. The number of hydrogen-bond donors (Lipinski definition) is 2. The zero-order chi connectivity index (χ0) is 17.3. The van der Waals surface area contributed by atoms with Crippen molar-refractivity contribution in [1.29, 1.82) is 0 Å². The van der Waals surface area contributed by atoms with Crippen molar-refractivity contribution in [3.05, 3.63) is 57.1 Å². The lowest BCUT2D eigenvalue weighted by atomic mass is 10.0. The van der Waals surface area contributed by atoms with Gasteiger partial charge in [0.1, 0.15) is 5.75 Å². The van der Waals surface area contributed by atoms with Gasteiger partial charge in [-0.3, -0.25) is 4.79 Å². The molecular formula is C19H19Cl2NO2. The summed E-state index contributed by atoms with van der Waals surface area (Å²) in [5.74, 6) is 0.287. The normalized spacial score (nSPS) is 13.8. The highest BCUT2D eigenvalue weighted by molar-refractivity contribution is 6.40. The second-order valence-electron chi connectivity index (χ2n) is 6.14. The number of carbonyl (C=O) groups excluding carboxylic acids is 1. The Morgan fingerprint density at radius 3 is 2.50 bits per heavy atom. The van der Waals surface area contributed by atoms with Crippen LogP contribution >= 0.6 is 23.2 Å². The van der Waals surface area contributed by atoms with E-state index in [4.69, 9.17) is 23.2 Å². The van der Waals surface area contributed by atoms with Gasteiger partial charge in [-0.1, -0.05) is 42.6 Å². The second-order valence-corrected chi connectivity index (χ2v) is 6.96. The van der Waals surface area contributed by atoms with Crippen molar-refractivity contribution in [2.24, 2.45) is 0 Å². The van der Waals surface area contributed by atoms with E-state index in [1.807, 2.05) is 6.07 Å². The van der Waals surface area contributed by atoms with Crippen LogP contribution in [0.2, 0.25) is 10.0 Å². The number of rotatable bonds is 5. The van der Waals surface area contributed by atoms with Gasteiger partial charge in [0.2, 0.25) is 0 Å². The van der Waals surface area contributed by atoms with Crippen LogP contribution < -0.4 is 5.32 Å². The predicted molar refractivity (Wildman–Crippen MR) is 98.5 cm³/mol. The van der Waals surface area contributed by atoms with Gasteiger partial charge in [-0.2, -0.15) is 0 Å². The van der Waals surface area contributed by atoms with Crippen LogP contribution in [0.15, 0.2) is 30.3 Å². The van der Waals surface area contributed by atoms with Crippen LogP contribution in [0.3, 0.4) is 0 Å².